The van der Waals surface area contributed by atoms with Crippen LogP contribution in [0.3, 0.4) is 0 Å². The molecule has 0 spiro atoms. The number of amides is 5. The minimum atomic E-state index is -0.658. The van der Waals surface area contributed by atoms with Crippen molar-refractivity contribution in [1.82, 2.24) is 26.6 Å². The van der Waals surface area contributed by atoms with Gasteiger partial charge in [-0.1, -0.05) is 81.7 Å². The summed E-state index contributed by atoms with van der Waals surface area (Å²) in [4.78, 5) is 75.3. The van der Waals surface area contributed by atoms with E-state index in [0.717, 1.165) is 95.5 Å². The van der Waals surface area contributed by atoms with E-state index in [9.17, 15) is 28.8 Å². The number of benzene rings is 2. The highest BCUT2D eigenvalue weighted by Gasteiger charge is 2.17. The lowest BCUT2D eigenvalue weighted by atomic mass is 10.1. The van der Waals surface area contributed by atoms with Crippen LogP contribution in [0.25, 0.3) is 0 Å². The lowest BCUT2D eigenvalue weighted by Gasteiger charge is -2.14. The number of hydrogen-bond donors (Lipinski definition) is 9. The highest BCUT2D eigenvalue weighted by atomic mass is 16.5. The molecule has 5 amide bonds. The Labute approximate surface area is 386 Å². The molecule has 0 bridgehead atoms. The number of hydrogen-bond acceptors (Lipinski definition) is 12. The van der Waals surface area contributed by atoms with Crippen LogP contribution in [0, 0.1) is 0 Å². The van der Waals surface area contributed by atoms with Gasteiger partial charge in [0.05, 0.1) is 18.7 Å². The Kier molecular flexibility index (Phi) is 31.2. The van der Waals surface area contributed by atoms with Gasteiger partial charge in [-0.05, 0) is 94.6 Å². The zero-order valence-corrected chi connectivity index (χ0v) is 38.6. The van der Waals surface area contributed by atoms with Crippen molar-refractivity contribution < 1.29 is 38.2 Å². The van der Waals surface area contributed by atoms with E-state index in [2.05, 4.69) is 26.6 Å². The SMILES string of the molecule is NCCCC[C@H](N)C(=O)NCCNC(=O)c1cc(OCCCCCNC(=O)CCCCCCCCCCC(=O)OCc2ccccc2)cc(C(=O)NCCNC(=O)[C@@H](N)CCCCN)c1. The van der Waals surface area contributed by atoms with Crippen molar-refractivity contribution in [3.05, 3.63) is 65.2 Å². The molecule has 65 heavy (non-hydrogen) atoms. The molecule has 0 radical (unpaired) electrons. The summed E-state index contributed by atoms with van der Waals surface area (Å²) in [6.45, 7) is 2.90. The molecule has 0 saturated heterocycles. The molecule has 0 fully saturated rings. The van der Waals surface area contributed by atoms with Gasteiger partial charge >= 0.3 is 5.97 Å². The predicted molar refractivity (Wildman–Crippen MR) is 254 cm³/mol. The minimum absolute atomic E-state index is 0.0508. The molecule has 17 nitrogen and oxygen atoms in total. The maximum Gasteiger partial charge on any atom is 0.306 e. The van der Waals surface area contributed by atoms with Crippen molar-refractivity contribution in [2.45, 2.75) is 141 Å². The van der Waals surface area contributed by atoms with Crippen LogP contribution in [0.15, 0.2) is 48.5 Å². The fourth-order valence-electron chi connectivity index (χ4n) is 6.75. The lowest BCUT2D eigenvalue weighted by Crippen LogP contribution is -2.43. The van der Waals surface area contributed by atoms with E-state index in [0.29, 0.717) is 70.7 Å². The summed E-state index contributed by atoms with van der Waals surface area (Å²) < 4.78 is 11.3. The first-order chi connectivity index (χ1) is 31.5. The van der Waals surface area contributed by atoms with Crippen molar-refractivity contribution >= 4 is 35.5 Å². The number of nitrogens with one attached hydrogen (secondary N) is 5. The lowest BCUT2D eigenvalue weighted by molar-refractivity contribution is -0.145. The van der Waals surface area contributed by atoms with E-state index < -0.39 is 23.9 Å². The van der Waals surface area contributed by atoms with Crippen LogP contribution in [0.5, 0.6) is 5.75 Å². The number of carbonyl (C=O) groups excluding carboxylic acids is 6. The highest BCUT2D eigenvalue weighted by molar-refractivity contribution is 6.00. The molecule has 2 aromatic rings. The first-order valence-electron chi connectivity index (χ1n) is 23.8. The van der Waals surface area contributed by atoms with Gasteiger partial charge in [0.2, 0.25) is 17.7 Å². The van der Waals surface area contributed by atoms with Crippen LogP contribution in [-0.2, 0) is 30.5 Å². The van der Waals surface area contributed by atoms with Crippen LogP contribution in [-0.4, -0.2) is 100 Å². The third kappa shape index (κ3) is 27.7. The standard InChI is InChI=1S/C48H79N9O8/c49-25-15-13-21-41(51)47(62)56-30-28-54-45(60)38-33-39(46(61)55-29-31-57-48(63)42(52)22-14-16-26-50)35-40(34-38)64-32-18-8-17-27-53-43(58)23-11-5-3-1-2-4-6-12-24-44(59)65-36-37-19-9-7-10-20-37/h7,9-10,19-20,33-35,41-42H,1-6,8,11-18,21-32,36,49-52H2,(H,53,58)(H,54,60)(H,55,61)(H,56,62)(H,57,63)/t41-,42-/m0/s1. The Hall–Kier alpha value is -5.10. The van der Waals surface area contributed by atoms with Gasteiger partial charge in [-0.3, -0.25) is 28.8 Å². The molecule has 2 aromatic carbocycles. The van der Waals surface area contributed by atoms with Crippen molar-refractivity contribution in [2.75, 3.05) is 52.4 Å². The summed E-state index contributed by atoms with van der Waals surface area (Å²) in [6.07, 6.45) is 15.5. The van der Waals surface area contributed by atoms with Gasteiger partial charge in [-0.15, -0.1) is 0 Å². The normalized spacial score (nSPS) is 11.8. The summed E-state index contributed by atoms with van der Waals surface area (Å²) in [5.74, 6) is -1.30. The molecule has 17 heteroatoms. The Morgan fingerprint density at radius 1 is 0.508 bits per heavy atom. The van der Waals surface area contributed by atoms with Crippen LogP contribution in [0.4, 0.5) is 0 Å². The van der Waals surface area contributed by atoms with Gasteiger partial charge in [0.1, 0.15) is 12.4 Å². The molecule has 364 valence electrons. The second-order valence-electron chi connectivity index (χ2n) is 16.4. The average molecular weight is 910 g/mol. The zero-order chi connectivity index (χ0) is 47.3. The number of rotatable bonds is 38. The fraction of sp³-hybridized carbons (Fsp3) is 0.625. The average Bonchev–Trinajstić information content (AvgIpc) is 3.31. The largest absolute Gasteiger partial charge is 0.494 e. The Balaban J connectivity index is 1.69. The van der Waals surface area contributed by atoms with Gasteiger partial charge in [0.25, 0.3) is 11.8 Å². The first kappa shape index (κ1) is 56.0. The van der Waals surface area contributed by atoms with Crippen LogP contribution in [0.2, 0.25) is 0 Å². The summed E-state index contributed by atoms with van der Waals surface area (Å²) in [5, 5.41) is 14.0. The van der Waals surface area contributed by atoms with Gasteiger partial charge in [-0.2, -0.15) is 0 Å². The Bertz CT molecular complexity index is 1600. The van der Waals surface area contributed by atoms with Crippen molar-refractivity contribution in [2.24, 2.45) is 22.9 Å². The summed E-state index contributed by atoms with van der Waals surface area (Å²) in [7, 11) is 0. The second-order valence-corrected chi connectivity index (χ2v) is 16.4. The molecule has 0 aliphatic rings. The molecule has 2 rings (SSSR count). The maximum atomic E-state index is 13.2. The van der Waals surface area contributed by atoms with Gasteiger partial charge < -0.3 is 59.0 Å². The van der Waals surface area contributed by atoms with E-state index in [1.54, 1.807) is 12.1 Å². The van der Waals surface area contributed by atoms with Crippen LogP contribution in [0.1, 0.15) is 148 Å². The van der Waals surface area contributed by atoms with E-state index >= 15 is 0 Å². The number of esters is 1. The third-order valence-corrected chi connectivity index (χ3v) is 10.7. The summed E-state index contributed by atoms with van der Waals surface area (Å²) in [6, 6.07) is 12.9. The van der Waals surface area contributed by atoms with Crippen molar-refractivity contribution in [3.63, 3.8) is 0 Å². The Morgan fingerprint density at radius 2 is 1.00 bits per heavy atom. The number of unbranched alkanes of at least 4 members (excludes halogenated alkanes) is 11. The van der Waals surface area contributed by atoms with Crippen LogP contribution >= 0.6 is 0 Å². The van der Waals surface area contributed by atoms with E-state index in [1.165, 1.54) is 6.07 Å². The molecule has 0 aromatic heterocycles. The molecule has 0 saturated carbocycles. The fourth-order valence-corrected chi connectivity index (χ4v) is 6.75. The number of carbonyl (C=O) groups is 6. The molecule has 13 N–H and O–H groups in total. The van der Waals surface area contributed by atoms with Crippen molar-refractivity contribution in [1.29, 1.82) is 0 Å². The second kappa shape index (κ2) is 36.2. The molecule has 0 aliphatic heterocycles. The maximum absolute atomic E-state index is 13.2. The van der Waals surface area contributed by atoms with Gasteiger partial charge in [0, 0.05) is 56.7 Å². The predicted octanol–water partition coefficient (Wildman–Crippen LogP) is 3.60. The molecule has 0 aliphatic carbocycles. The highest BCUT2D eigenvalue weighted by Crippen LogP contribution is 2.19. The van der Waals surface area contributed by atoms with E-state index in [4.69, 9.17) is 32.4 Å². The van der Waals surface area contributed by atoms with Gasteiger partial charge in [0.15, 0.2) is 0 Å². The molecule has 2 atom stereocenters. The van der Waals surface area contributed by atoms with Crippen molar-refractivity contribution in [3.8, 4) is 5.75 Å². The van der Waals surface area contributed by atoms with Gasteiger partial charge in [-0.25, -0.2) is 0 Å². The molecule has 0 unspecified atom stereocenters. The number of ether oxygens (including phenoxy) is 2. The summed E-state index contributed by atoms with van der Waals surface area (Å²) in [5.41, 5.74) is 24.3. The Morgan fingerprint density at radius 3 is 1.54 bits per heavy atom. The molecular formula is C48H79N9O8. The molecular weight excluding hydrogens is 831 g/mol. The summed E-state index contributed by atoms with van der Waals surface area (Å²) >= 11 is 0. The van der Waals surface area contributed by atoms with Crippen LogP contribution < -0.4 is 54.3 Å². The smallest absolute Gasteiger partial charge is 0.306 e. The molecule has 0 heterocycles. The third-order valence-electron chi connectivity index (χ3n) is 10.7. The first-order valence-corrected chi connectivity index (χ1v) is 23.8. The quantitative estimate of drug-likeness (QED) is 0.0345. The van der Waals surface area contributed by atoms with E-state index in [1.807, 2.05) is 30.3 Å². The minimum Gasteiger partial charge on any atom is -0.494 e. The van der Waals surface area contributed by atoms with E-state index in [-0.39, 0.29) is 61.0 Å². The zero-order valence-electron chi connectivity index (χ0n) is 38.6. The number of nitrogens with two attached hydrogens (primary N) is 4. The monoisotopic (exact) mass is 910 g/mol. The topological polar surface area (TPSA) is 285 Å².